The first-order valence-corrected chi connectivity index (χ1v) is 25.5. The molecule has 0 fully saturated rings. The number of unbranched alkanes of at least 4 members (excludes halogenated alkanes) is 4. The Labute approximate surface area is 194 Å². The summed E-state index contributed by atoms with van der Waals surface area (Å²) >= 11 is -6.34. The van der Waals surface area contributed by atoms with Gasteiger partial charge in [0.15, 0.2) is 0 Å². The molecule has 0 aromatic heterocycles. The molecule has 0 aliphatic heterocycles. The fourth-order valence-corrected chi connectivity index (χ4v) is 46.9. The van der Waals surface area contributed by atoms with Crippen LogP contribution in [0.5, 0.6) is 0 Å². The molecule has 0 N–H and O–H groups in total. The molecule has 0 aliphatic carbocycles. The molecule has 0 aromatic rings. The SMILES string of the molecule is CCC[CH2][Sn]([CH2]CCC)([O]CC(C)C)[O][Sn]([CH2]CCC)([CH2]CCC)[O]CC(C)C. The van der Waals surface area contributed by atoms with Gasteiger partial charge in [-0.25, -0.2) is 0 Å². The molecule has 5 heteroatoms. The summed E-state index contributed by atoms with van der Waals surface area (Å²) in [5.74, 6) is 1.15. The van der Waals surface area contributed by atoms with Gasteiger partial charge in [-0.3, -0.25) is 0 Å². The second-order valence-corrected chi connectivity index (χ2v) is 32.0. The third-order valence-corrected chi connectivity index (χ3v) is 38.4. The Hall–Kier alpha value is 1.48. The predicted octanol–water partition coefficient (Wildman–Crippen LogP) is 8.43. The summed E-state index contributed by atoms with van der Waals surface area (Å²) in [4.78, 5) is 0. The zero-order valence-electron chi connectivity index (χ0n) is 21.3. The molecule has 0 spiro atoms. The van der Waals surface area contributed by atoms with Crippen molar-refractivity contribution in [3.05, 3.63) is 0 Å². The Morgan fingerprint density at radius 1 is 0.517 bits per heavy atom. The van der Waals surface area contributed by atoms with Crippen LogP contribution in [0, 0.1) is 11.8 Å². The van der Waals surface area contributed by atoms with Gasteiger partial charge in [0.1, 0.15) is 0 Å². The molecule has 0 bridgehead atoms. The van der Waals surface area contributed by atoms with Crippen molar-refractivity contribution in [3.63, 3.8) is 0 Å². The van der Waals surface area contributed by atoms with Crippen molar-refractivity contribution in [2.24, 2.45) is 11.8 Å². The number of rotatable bonds is 20. The van der Waals surface area contributed by atoms with Crippen LogP contribution in [0.25, 0.3) is 0 Å². The van der Waals surface area contributed by atoms with Crippen LogP contribution >= 0.6 is 0 Å². The second kappa shape index (κ2) is 18.0. The zero-order chi connectivity index (χ0) is 22.2. The van der Waals surface area contributed by atoms with E-state index in [0.29, 0.717) is 11.8 Å². The molecule has 0 atom stereocenters. The van der Waals surface area contributed by atoms with Gasteiger partial charge in [-0.1, -0.05) is 0 Å². The first-order chi connectivity index (χ1) is 13.8. The van der Waals surface area contributed by atoms with Gasteiger partial charge >= 0.3 is 196 Å². The van der Waals surface area contributed by atoms with E-state index in [2.05, 4.69) is 55.4 Å². The van der Waals surface area contributed by atoms with Crippen molar-refractivity contribution in [2.45, 2.75) is 125 Å². The molecule has 0 saturated carbocycles. The zero-order valence-corrected chi connectivity index (χ0v) is 27.0. The molecule has 0 saturated heterocycles. The summed E-state index contributed by atoms with van der Waals surface area (Å²) < 4.78 is 26.2. The minimum absolute atomic E-state index is 0.574. The van der Waals surface area contributed by atoms with Gasteiger partial charge < -0.3 is 0 Å². The van der Waals surface area contributed by atoms with Crippen molar-refractivity contribution in [1.29, 1.82) is 0 Å². The van der Waals surface area contributed by atoms with Crippen molar-refractivity contribution in [2.75, 3.05) is 13.2 Å². The van der Waals surface area contributed by atoms with E-state index in [9.17, 15) is 0 Å². The van der Waals surface area contributed by atoms with Gasteiger partial charge in [0, 0.05) is 0 Å². The van der Waals surface area contributed by atoms with Crippen LogP contribution in [0.3, 0.4) is 0 Å². The molecule has 0 heterocycles. The van der Waals surface area contributed by atoms with Crippen molar-refractivity contribution >= 4 is 38.4 Å². The standard InChI is InChI=1S/2C4H9O.4C4H9.O.2Sn/c2*1-4(2)3-5;4*1-3-4-2;;;/h2*4H,3H2,1-2H3;4*1,3-4H2,2H3;;;/q2*-1;;;;;;2*+1. The number of hydrogen-bond acceptors (Lipinski definition) is 3. The van der Waals surface area contributed by atoms with Crippen LogP contribution in [0.15, 0.2) is 0 Å². The first-order valence-electron chi connectivity index (χ1n) is 12.8. The summed E-state index contributed by atoms with van der Waals surface area (Å²) in [5.41, 5.74) is 0. The summed E-state index contributed by atoms with van der Waals surface area (Å²) in [7, 11) is 0. The third-order valence-electron chi connectivity index (χ3n) is 5.38. The average Bonchev–Trinajstić information content (AvgIpc) is 2.70. The van der Waals surface area contributed by atoms with E-state index in [1.54, 1.807) is 0 Å². The topological polar surface area (TPSA) is 27.7 Å². The fourth-order valence-electron chi connectivity index (χ4n) is 3.56. The second-order valence-electron chi connectivity index (χ2n) is 9.75. The Morgan fingerprint density at radius 3 is 1.00 bits per heavy atom. The van der Waals surface area contributed by atoms with Gasteiger partial charge in [0.2, 0.25) is 0 Å². The molecule has 29 heavy (non-hydrogen) atoms. The molecular weight excluding hydrogens is 574 g/mol. The van der Waals surface area contributed by atoms with Crippen molar-refractivity contribution < 1.29 is 7.56 Å². The van der Waals surface area contributed by atoms with Crippen LogP contribution in [0.1, 0.15) is 107 Å². The summed E-state index contributed by atoms with van der Waals surface area (Å²) in [6, 6.07) is 0. The average molecular weight is 628 g/mol. The Balaban J connectivity index is 5.85. The Morgan fingerprint density at radius 2 is 0.793 bits per heavy atom. The molecule has 3 nitrogen and oxygen atoms in total. The van der Waals surface area contributed by atoms with Gasteiger partial charge in [0.25, 0.3) is 0 Å². The first kappa shape index (κ1) is 30.5. The van der Waals surface area contributed by atoms with Crippen LogP contribution in [-0.2, 0) is 7.56 Å². The number of hydrogen-bond donors (Lipinski definition) is 0. The molecule has 0 aliphatic rings. The van der Waals surface area contributed by atoms with Crippen LogP contribution in [-0.4, -0.2) is 51.6 Å². The molecule has 0 amide bonds. The summed E-state index contributed by atoms with van der Waals surface area (Å²) in [5, 5.41) is 0. The Kier molecular flexibility index (Phi) is 18.9. The maximum atomic E-state index is 7.51. The van der Waals surface area contributed by atoms with Crippen LogP contribution in [0.4, 0.5) is 0 Å². The predicted molar refractivity (Wildman–Crippen MR) is 133 cm³/mol. The molecule has 0 unspecified atom stereocenters. The van der Waals surface area contributed by atoms with Gasteiger partial charge in [0.05, 0.1) is 0 Å². The van der Waals surface area contributed by atoms with E-state index in [1.807, 2.05) is 0 Å². The fraction of sp³-hybridized carbons (Fsp3) is 1.00. The van der Waals surface area contributed by atoms with E-state index >= 15 is 0 Å². The van der Waals surface area contributed by atoms with Crippen molar-refractivity contribution in [1.82, 2.24) is 0 Å². The third kappa shape index (κ3) is 14.3. The van der Waals surface area contributed by atoms with E-state index < -0.39 is 38.4 Å². The van der Waals surface area contributed by atoms with E-state index in [-0.39, 0.29) is 0 Å². The quantitative estimate of drug-likeness (QED) is 0.127. The van der Waals surface area contributed by atoms with Gasteiger partial charge in [-0.2, -0.15) is 0 Å². The molecule has 176 valence electrons. The molecule has 0 radical (unpaired) electrons. The normalized spacial score (nSPS) is 13.0. The summed E-state index contributed by atoms with van der Waals surface area (Å²) in [6.07, 6.45) is 9.96. The van der Waals surface area contributed by atoms with E-state index in [1.165, 1.54) is 69.1 Å². The summed E-state index contributed by atoms with van der Waals surface area (Å²) in [6.45, 7) is 20.1. The van der Waals surface area contributed by atoms with E-state index in [0.717, 1.165) is 13.2 Å². The molecular formula is C24H54O3Sn2. The van der Waals surface area contributed by atoms with E-state index in [4.69, 9.17) is 7.56 Å². The van der Waals surface area contributed by atoms with Crippen molar-refractivity contribution in [3.8, 4) is 0 Å². The Bertz CT molecular complexity index is 325. The van der Waals surface area contributed by atoms with Crippen LogP contribution in [0.2, 0.25) is 17.7 Å². The molecule has 0 rings (SSSR count). The van der Waals surface area contributed by atoms with Gasteiger partial charge in [-0.05, 0) is 0 Å². The van der Waals surface area contributed by atoms with Gasteiger partial charge in [-0.15, -0.1) is 0 Å². The maximum absolute atomic E-state index is 7.51. The molecule has 0 aromatic carbocycles. The monoisotopic (exact) mass is 630 g/mol. The minimum atomic E-state index is -3.17. The van der Waals surface area contributed by atoms with Crippen LogP contribution < -0.4 is 0 Å².